The van der Waals surface area contributed by atoms with Crippen molar-refractivity contribution in [3.63, 3.8) is 0 Å². The van der Waals surface area contributed by atoms with Gasteiger partial charge in [0.05, 0.1) is 0 Å². The molecule has 4 aliphatic carbocycles. The summed E-state index contributed by atoms with van der Waals surface area (Å²) in [5.74, 6) is 3.11. The Hall–Kier alpha value is -1.18. The van der Waals surface area contributed by atoms with E-state index >= 15 is 0 Å². The summed E-state index contributed by atoms with van der Waals surface area (Å²) in [6.07, 6.45) is 6.52. The van der Waals surface area contributed by atoms with Crippen molar-refractivity contribution < 1.29 is 9.59 Å². The number of fused-ring (bicyclic) bond motifs is 5. The van der Waals surface area contributed by atoms with Gasteiger partial charge in [0.15, 0.2) is 5.78 Å². The molecule has 2 heteroatoms. The number of carbonyl (C=O) groups is 2. The number of Topliss-reactive ketones (excluding diaryl/α,β-unsaturated/α-hetero) is 1. The third-order valence-electron chi connectivity index (χ3n) is 8.70. The molecule has 4 rings (SSSR count). The average molecular weight is 326 g/mol. The molecule has 24 heavy (non-hydrogen) atoms. The number of allylic oxidation sites excluding steroid dienone is 2. The highest BCUT2D eigenvalue weighted by atomic mass is 16.1. The molecule has 0 aromatic carbocycles. The van der Waals surface area contributed by atoms with Crippen LogP contribution in [-0.2, 0) is 9.59 Å². The van der Waals surface area contributed by atoms with Crippen molar-refractivity contribution in [2.24, 2.45) is 40.4 Å². The van der Waals surface area contributed by atoms with E-state index in [2.05, 4.69) is 34.3 Å². The van der Waals surface area contributed by atoms with Crippen molar-refractivity contribution in [2.45, 2.75) is 59.8 Å². The second-order valence-corrected chi connectivity index (χ2v) is 9.43. The van der Waals surface area contributed by atoms with Crippen LogP contribution in [0.15, 0.2) is 23.8 Å². The number of rotatable bonds is 0. The molecule has 0 heterocycles. The normalized spacial score (nSPS) is 50.9. The van der Waals surface area contributed by atoms with Gasteiger partial charge in [0.25, 0.3) is 0 Å². The van der Waals surface area contributed by atoms with Crippen molar-refractivity contribution in [1.29, 1.82) is 0 Å². The van der Waals surface area contributed by atoms with E-state index in [4.69, 9.17) is 0 Å². The minimum absolute atomic E-state index is 0.0507. The van der Waals surface area contributed by atoms with E-state index in [9.17, 15) is 9.59 Å². The zero-order valence-corrected chi connectivity index (χ0v) is 15.5. The van der Waals surface area contributed by atoms with Crippen LogP contribution < -0.4 is 0 Å². The predicted octanol–water partition coefficient (Wildman–Crippen LogP) is 4.75. The number of hydrogen-bond donors (Lipinski definition) is 0. The van der Waals surface area contributed by atoms with Gasteiger partial charge in [-0.2, -0.15) is 0 Å². The molecule has 0 aliphatic heterocycles. The summed E-state index contributed by atoms with van der Waals surface area (Å²) in [5.41, 5.74) is 2.34. The number of ketones is 2. The summed E-state index contributed by atoms with van der Waals surface area (Å²) in [5, 5.41) is 0. The van der Waals surface area contributed by atoms with Crippen LogP contribution in [-0.4, -0.2) is 11.6 Å². The lowest BCUT2D eigenvalue weighted by molar-refractivity contribution is -0.134. The van der Waals surface area contributed by atoms with Gasteiger partial charge in [0.2, 0.25) is 0 Å². The summed E-state index contributed by atoms with van der Waals surface area (Å²) in [6, 6.07) is 0. The van der Waals surface area contributed by atoms with E-state index in [1.165, 1.54) is 11.1 Å². The molecule has 3 saturated carbocycles. The van der Waals surface area contributed by atoms with Crippen LogP contribution in [0.25, 0.3) is 0 Å². The van der Waals surface area contributed by atoms with Crippen molar-refractivity contribution in [2.75, 3.05) is 0 Å². The summed E-state index contributed by atoms with van der Waals surface area (Å²) in [4.78, 5) is 24.8. The van der Waals surface area contributed by atoms with Crippen LogP contribution in [0, 0.1) is 40.4 Å². The van der Waals surface area contributed by atoms with Crippen LogP contribution >= 0.6 is 0 Å². The monoisotopic (exact) mass is 326 g/mol. The first-order valence-corrected chi connectivity index (χ1v) is 9.68. The molecule has 4 aliphatic rings. The third kappa shape index (κ3) is 1.78. The van der Waals surface area contributed by atoms with Crippen LogP contribution in [0.4, 0.5) is 0 Å². The fourth-order valence-corrected chi connectivity index (χ4v) is 7.00. The fourth-order valence-electron chi connectivity index (χ4n) is 7.00. The second-order valence-electron chi connectivity index (χ2n) is 9.43. The molecule has 0 spiro atoms. The maximum atomic E-state index is 12.6. The molecule has 0 amide bonds. The zero-order chi connectivity index (χ0) is 17.4. The van der Waals surface area contributed by atoms with Gasteiger partial charge in [-0.3, -0.25) is 9.59 Å². The molecule has 0 unspecified atom stereocenters. The Morgan fingerprint density at radius 3 is 2.54 bits per heavy atom. The van der Waals surface area contributed by atoms with Gasteiger partial charge in [-0.05, 0) is 71.5 Å². The number of carbonyl (C=O) groups excluding carboxylic acids is 2. The molecule has 0 radical (unpaired) electrons. The molecule has 2 nitrogen and oxygen atoms in total. The van der Waals surface area contributed by atoms with E-state index < -0.39 is 0 Å². The second kappa shape index (κ2) is 4.93. The minimum Gasteiger partial charge on any atom is -0.299 e. The zero-order valence-electron chi connectivity index (χ0n) is 15.5. The van der Waals surface area contributed by atoms with Crippen molar-refractivity contribution >= 4 is 11.6 Å². The molecule has 7 atom stereocenters. The molecule has 0 aromatic rings. The Kier molecular flexibility index (Phi) is 3.34. The average Bonchev–Trinajstić information content (AvgIpc) is 2.83. The quantitative estimate of drug-likeness (QED) is 0.644. The van der Waals surface area contributed by atoms with Gasteiger partial charge in [0, 0.05) is 18.3 Å². The Morgan fingerprint density at radius 2 is 1.83 bits per heavy atom. The largest absolute Gasteiger partial charge is 0.299 e. The lowest BCUT2D eigenvalue weighted by atomic mass is 9.42. The van der Waals surface area contributed by atoms with E-state index in [-0.39, 0.29) is 16.6 Å². The maximum absolute atomic E-state index is 12.6. The fraction of sp³-hybridized carbons (Fsp3) is 0.727. The Labute approximate surface area is 145 Å². The molecular weight excluding hydrogens is 296 g/mol. The first kappa shape index (κ1) is 16.3. The van der Waals surface area contributed by atoms with Crippen LogP contribution in [0.3, 0.4) is 0 Å². The standard InChI is InChI=1S/C22H30O2/c1-12-10-15(23)11-18-13(2)14(3)20-16-6-7-19(24)21(16,4)9-8-17(20)22(12,18)5/h11-12,14,16-17,20H,2,6-10H2,1,3-5H3/t12-,14-,16+,17+,20+,21+,22-/m1/s1. The minimum atomic E-state index is -0.110. The molecule has 130 valence electrons. The highest BCUT2D eigenvalue weighted by Gasteiger charge is 2.62. The Morgan fingerprint density at radius 1 is 1.12 bits per heavy atom. The SMILES string of the molecule is C=C1C2=CC(=O)C[C@@H](C)[C@]2(C)[C@H]2CC[C@]3(C)C(=O)CC[C@H]3[C@@H]2[C@@H]1C. The summed E-state index contributed by atoms with van der Waals surface area (Å²) >= 11 is 0. The molecule has 3 fully saturated rings. The first-order valence-electron chi connectivity index (χ1n) is 9.68. The topological polar surface area (TPSA) is 34.1 Å². The molecular formula is C22H30O2. The van der Waals surface area contributed by atoms with Crippen LogP contribution in [0.1, 0.15) is 59.8 Å². The Bertz CT molecular complexity index is 671. The number of hydrogen-bond acceptors (Lipinski definition) is 2. The summed E-state index contributed by atoms with van der Waals surface area (Å²) in [7, 11) is 0. The van der Waals surface area contributed by atoms with Gasteiger partial charge in [0.1, 0.15) is 5.78 Å². The van der Waals surface area contributed by atoms with Gasteiger partial charge in [-0.25, -0.2) is 0 Å². The predicted molar refractivity (Wildman–Crippen MR) is 95.3 cm³/mol. The Balaban J connectivity index is 1.84. The van der Waals surface area contributed by atoms with Gasteiger partial charge in [-0.15, -0.1) is 0 Å². The summed E-state index contributed by atoms with van der Waals surface area (Å²) < 4.78 is 0. The van der Waals surface area contributed by atoms with Gasteiger partial charge >= 0.3 is 0 Å². The first-order chi connectivity index (χ1) is 11.2. The lowest BCUT2D eigenvalue weighted by Gasteiger charge is -2.61. The van der Waals surface area contributed by atoms with Gasteiger partial charge in [-0.1, -0.05) is 34.3 Å². The van der Waals surface area contributed by atoms with E-state index in [0.717, 1.165) is 25.7 Å². The van der Waals surface area contributed by atoms with Crippen LogP contribution in [0.2, 0.25) is 0 Å². The summed E-state index contributed by atoms with van der Waals surface area (Å²) in [6.45, 7) is 13.6. The maximum Gasteiger partial charge on any atom is 0.156 e. The molecule has 0 bridgehead atoms. The highest BCUT2D eigenvalue weighted by Crippen LogP contribution is 2.67. The van der Waals surface area contributed by atoms with Crippen molar-refractivity contribution in [3.8, 4) is 0 Å². The third-order valence-corrected chi connectivity index (χ3v) is 8.70. The van der Waals surface area contributed by atoms with E-state index in [1.807, 2.05) is 6.08 Å². The lowest BCUT2D eigenvalue weighted by Crippen LogP contribution is -2.56. The molecule has 0 saturated heterocycles. The van der Waals surface area contributed by atoms with Crippen molar-refractivity contribution in [1.82, 2.24) is 0 Å². The molecule has 0 N–H and O–H groups in total. The van der Waals surface area contributed by atoms with Crippen molar-refractivity contribution in [3.05, 3.63) is 23.8 Å². The van der Waals surface area contributed by atoms with Crippen LogP contribution in [0.5, 0.6) is 0 Å². The van der Waals surface area contributed by atoms with E-state index in [1.54, 1.807) is 0 Å². The molecule has 0 aromatic heterocycles. The van der Waals surface area contributed by atoms with Gasteiger partial charge < -0.3 is 0 Å². The highest BCUT2D eigenvalue weighted by molar-refractivity contribution is 5.93. The smallest absolute Gasteiger partial charge is 0.156 e. The van der Waals surface area contributed by atoms with E-state index in [0.29, 0.717) is 41.8 Å².